The SMILES string of the molecule is CCOC(=O)N1[C@H](CO)C[C@H](C)C[C@H]1C(N)=O. The third kappa shape index (κ3) is 3.09. The Hall–Kier alpha value is -1.30. The number of ether oxygens (including phenoxy) is 1. The molecule has 1 fully saturated rings. The lowest BCUT2D eigenvalue weighted by molar-refractivity contribution is -0.126. The molecular weight excluding hydrogens is 224 g/mol. The number of carbonyl (C=O) groups is 2. The molecular formula is C11H20N2O4. The van der Waals surface area contributed by atoms with Crippen LogP contribution >= 0.6 is 0 Å². The second-order valence-corrected chi connectivity index (χ2v) is 4.44. The Morgan fingerprint density at radius 3 is 2.59 bits per heavy atom. The van der Waals surface area contributed by atoms with E-state index in [9.17, 15) is 14.7 Å². The first-order valence-electron chi connectivity index (χ1n) is 5.86. The molecule has 3 N–H and O–H groups in total. The van der Waals surface area contributed by atoms with Gasteiger partial charge in [0.25, 0.3) is 0 Å². The number of hydrogen-bond donors (Lipinski definition) is 2. The van der Waals surface area contributed by atoms with Gasteiger partial charge in [-0.15, -0.1) is 0 Å². The van der Waals surface area contributed by atoms with Crippen LogP contribution in [-0.4, -0.2) is 47.3 Å². The van der Waals surface area contributed by atoms with Gasteiger partial charge in [-0.1, -0.05) is 6.92 Å². The van der Waals surface area contributed by atoms with Crippen LogP contribution in [0.1, 0.15) is 26.7 Å². The van der Waals surface area contributed by atoms with Crippen LogP contribution in [0.15, 0.2) is 0 Å². The number of nitrogens with two attached hydrogens (primary N) is 1. The molecule has 0 aromatic carbocycles. The van der Waals surface area contributed by atoms with E-state index in [0.717, 1.165) is 0 Å². The minimum Gasteiger partial charge on any atom is -0.450 e. The predicted molar refractivity (Wildman–Crippen MR) is 61.1 cm³/mol. The smallest absolute Gasteiger partial charge is 0.410 e. The summed E-state index contributed by atoms with van der Waals surface area (Å²) in [4.78, 5) is 24.4. The van der Waals surface area contributed by atoms with Crippen molar-refractivity contribution in [2.24, 2.45) is 11.7 Å². The zero-order valence-electron chi connectivity index (χ0n) is 10.3. The molecule has 0 aromatic rings. The van der Waals surface area contributed by atoms with Gasteiger partial charge in [-0.05, 0) is 25.7 Å². The number of aliphatic hydroxyl groups excluding tert-OH is 1. The van der Waals surface area contributed by atoms with Gasteiger partial charge in [0.1, 0.15) is 6.04 Å². The largest absolute Gasteiger partial charge is 0.450 e. The van der Waals surface area contributed by atoms with Gasteiger partial charge in [-0.25, -0.2) is 4.79 Å². The summed E-state index contributed by atoms with van der Waals surface area (Å²) in [6.45, 7) is 3.71. The van der Waals surface area contributed by atoms with Crippen LogP contribution in [0.2, 0.25) is 0 Å². The summed E-state index contributed by atoms with van der Waals surface area (Å²) in [5.74, 6) is -0.307. The molecule has 0 spiro atoms. The second kappa shape index (κ2) is 5.86. The van der Waals surface area contributed by atoms with Gasteiger partial charge in [0.2, 0.25) is 5.91 Å². The number of likely N-dealkylation sites (tertiary alicyclic amines) is 1. The molecule has 2 amide bonds. The summed E-state index contributed by atoms with van der Waals surface area (Å²) in [5, 5.41) is 9.29. The van der Waals surface area contributed by atoms with Gasteiger partial charge in [0, 0.05) is 0 Å². The molecule has 17 heavy (non-hydrogen) atoms. The lowest BCUT2D eigenvalue weighted by atomic mass is 9.87. The number of aliphatic hydroxyl groups is 1. The summed E-state index contributed by atoms with van der Waals surface area (Å²) in [6.07, 6.45) is 0.589. The maximum absolute atomic E-state index is 11.8. The molecule has 6 heteroatoms. The fourth-order valence-corrected chi connectivity index (χ4v) is 2.31. The van der Waals surface area contributed by atoms with Gasteiger partial charge < -0.3 is 15.6 Å². The fourth-order valence-electron chi connectivity index (χ4n) is 2.31. The van der Waals surface area contributed by atoms with E-state index in [4.69, 9.17) is 10.5 Å². The van der Waals surface area contributed by atoms with Crippen LogP contribution in [-0.2, 0) is 9.53 Å². The first kappa shape index (κ1) is 13.8. The molecule has 1 saturated heterocycles. The zero-order chi connectivity index (χ0) is 13.0. The Morgan fingerprint density at radius 1 is 1.47 bits per heavy atom. The van der Waals surface area contributed by atoms with Gasteiger partial charge in [-0.3, -0.25) is 9.69 Å². The Balaban J connectivity index is 2.90. The van der Waals surface area contributed by atoms with E-state index in [0.29, 0.717) is 12.8 Å². The summed E-state index contributed by atoms with van der Waals surface area (Å²) in [5.41, 5.74) is 5.30. The monoisotopic (exact) mass is 244 g/mol. The highest BCUT2D eigenvalue weighted by Gasteiger charge is 2.40. The minimum absolute atomic E-state index is 0.188. The van der Waals surface area contributed by atoms with Crippen LogP contribution in [0.3, 0.4) is 0 Å². The summed E-state index contributed by atoms with van der Waals surface area (Å²) in [6, 6.07) is -1.08. The molecule has 0 saturated carbocycles. The van der Waals surface area contributed by atoms with E-state index in [1.165, 1.54) is 4.90 Å². The quantitative estimate of drug-likeness (QED) is 0.735. The van der Waals surface area contributed by atoms with Crippen LogP contribution < -0.4 is 5.73 Å². The Labute approximate surface area is 101 Å². The molecule has 1 heterocycles. The molecule has 0 aromatic heterocycles. The lowest BCUT2D eigenvalue weighted by Crippen LogP contribution is -2.58. The minimum atomic E-state index is -0.685. The van der Waals surface area contributed by atoms with Crippen LogP contribution in [0, 0.1) is 5.92 Å². The van der Waals surface area contributed by atoms with E-state index in [2.05, 4.69) is 0 Å². The number of nitrogens with zero attached hydrogens (tertiary/aromatic N) is 1. The zero-order valence-corrected chi connectivity index (χ0v) is 10.3. The molecule has 0 unspecified atom stereocenters. The Bertz CT molecular complexity index is 295. The summed E-state index contributed by atoms with van der Waals surface area (Å²) < 4.78 is 4.90. The molecule has 3 atom stereocenters. The number of piperidine rings is 1. The molecule has 1 rings (SSSR count). The van der Waals surface area contributed by atoms with Crippen molar-refractivity contribution in [1.29, 1.82) is 0 Å². The van der Waals surface area contributed by atoms with E-state index < -0.39 is 24.1 Å². The van der Waals surface area contributed by atoms with Crippen molar-refractivity contribution in [3.8, 4) is 0 Å². The first-order valence-corrected chi connectivity index (χ1v) is 5.86. The fraction of sp³-hybridized carbons (Fsp3) is 0.818. The van der Waals surface area contributed by atoms with Crippen molar-refractivity contribution in [3.05, 3.63) is 0 Å². The molecule has 1 aliphatic heterocycles. The molecule has 0 aliphatic carbocycles. The average Bonchev–Trinajstić information content (AvgIpc) is 2.27. The van der Waals surface area contributed by atoms with Crippen LogP contribution in [0.5, 0.6) is 0 Å². The van der Waals surface area contributed by atoms with Crippen molar-refractivity contribution in [3.63, 3.8) is 0 Å². The normalized spacial score (nSPS) is 28.9. The van der Waals surface area contributed by atoms with Gasteiger partial charge in [0.15, 0.2) is 0 Å². The van der Waals surface area contributed by atoms with Crippen molar-refractivity contribution in [2.75, 3.05) is 13.2 Å². The van der Waals surface area contributed by atoms with Crippen molar-refractivity contribution in [1.82, 2.24) is 4.90 Å². The van der Waals surface area contributed by atoms with Gasteiger partial charge in [0.05, 0.1) is 19.3 Å². The third-order valence-corrected chi connectivity index (χ3v) is 3.05. The Morgan fingerprint density at radius 2 is 2.12 bits per heavy atom. The second-order valence-electron chi connectivity index (χ2n) is 4.44. The summed E-state index contributed by atoms with van der Waals surface area (Å²) >= 11 is 0. The number of carbonyl (C=O) groups excluding carboxylic acids is 2. The predicted octanol–water partition coefficient (Wildman–Crippen LogP) is 0.0896. The highest BCUT2D eigenvalue weighted by atomic mass is 16.6. The molecule has 0 bridgehead atoms. The average molecular weight is 244 g/mol. The van der Waals surface area contributed by atoms with Crippen molar-refractivity contribution in [2.45, 2.75) is 38.8 Å². The third-order valence-electron chi connectivity index (χ3n) is 3.05. The molecule has 1 aliphatic rings. The summed E-state index contributed by atoms with van der Waals surface area (Å²) in [7, 11) is 0. The number of hydrogen-bond acceptors (Lipinski definition) is 4. The van der Waals surface area contributed by atoms with Crippen LogP contribution in [0.25, 0.3) is 0 Å². The Kier molecular flexibility index (Phi) is 4.74. The molecule has 0 radical (unpaired) electrons. The van der Waals surface area contributed by atoms with Gasteiger partial charge >= 0.3 is 6.09 Å². The van der Waals surface area contributed by atoms with Crippen molar-refractivity contribution < 1.29 is 19.4 Å². The highest BCUT2D eigenvalue weighted by molar-refractivity contribution is 5.84. The number of amides is 2. The molecule has 98 valence electrons. The van der Waals surface area contributed by atoms with Crippen LogP contribution in [0.4, 0.5) is 4.79 Å². The van der Waals surface area contributed by atoms with Gasteiger partial charge in [-0.2, -0.15) is 0 Å². The maximum atomic E-state index is 11.8. The van der Waals surface area contributed by atoms with E-state index in [1.54, 1.807) is 6.92 Å². The lowest BCUT2D eigenvalue weighted by Gasteiger charge is -2.41. The van der Waals surface area contributed by atoms with E-state index in [1.807, 2.05) is 6.92 Å². The topological polar surface area (TPSA) is 92.9 Å². The number of rotatable bonds is 3. The highest BCUT2D eigenvalue weighted by Crippen LogP contribution is 2.28. The first-order chi connectivity index (χ1) is 8.01. The van der Waals surface area contributed by atoms with E-state index in [-0.39, 0.29) is 19.1 Å². The maximum Gasteiger partial charge on any atom is 0.410 e. The number of primary amides is 1. The standard InChI is InChI=1S/C11H20N2O4/c1-3-17-11(16)13-8(6-14)4-7(2)5-9(13)10(12)15/h7-9,14H,3-6H2,1-2H3,(H2,12,15)/t7-,8-,9-/m0/s1. The molecule has 6 nitrogen and oxygen atoms in total. The van der Waals surface area contributed by atoms with Crippen molar-refractivity contribution >= 4 is 12.0 Å². The van der Waals surface area contributed by atoms with E-state index >= 15 is 0 Å².